The number of nitrogens with zero attached hydrogens (tertiary/aromatic N) is 1. The minimum absolute atomic E-state index is 0.126. The van der Waals surface area contributed by atoms with Crippen LogP contribution in [-0.4, -0.2) is 38.1 Å². The van der Waals surface area contributed by atoms with E-state index in [1.54, 1.807) is 6.92 Å². The van der Waals surface area contributed by atoms with E-state index in [1.165, 1.54) is 11.4 Å². The number of benzene rings is 1. The van der Waals surface area contributed by atoms with Crippen molar-refractivity contribution in [3.05, 3.63) is 34.3 Å². The SMILES string of the molecule is CCOC(=O)CCS(=O)(=O)N(C)Cc1cccc(Br)c1. The highest BCUT2D eigenvalue weighted by Gasteiger charge is 2.20. The van der Waals surface area contributed by atoms with E-state index in [2.05, 4.69) is 15.9 Å². The third kappa shape index (κ3) is 5.60. The first-order chi connectivity index (χ1) is 9.35. The van der Waals surface area contributed by atoms with Gasteiger partial charge in [0.15, 0.2) is 0 Å². The summed E-state index contributed by atoms with van der Waals surface area (Å²) < 4.78 is 30.9. The third-order valence-corrected chi connectivity index (χ3v) is 4.93. The van der Waals surface area contributed by atoms with Crippen molar-refractivity contribution in [1.82, 2.24) is 4.31 Å². The van der Waals surface area contributed by atoms with Gasteiger partial charge in [-0.05, 0) is 24.6 Å². The molecule has 0 aliphatic heterocycles. The highest BCUT2D eigenvalue weighted by atomic mass is 79.9. The number of hydrogen-bond donors (Lipinski definition) is 0. The van der Waals surface area contributed by atoms with E-state index >= 15 is 0 Å². The molecule has 0 saturated heterocycles. The average Bonchev–Trinajstić information content (AvgIpc) is 2.37. The second kappa shape index (κ2) is 7.75. The van der Waals surface area contributed by atoms with Crippen LogP contribution < -0.4 is 0 Å². The van der Waals surface area contributed by atoms with E-state index in [0.29, 0.717) is 0 Å². The van der Waals surface area contributed by atoms with Crippen LogP contribution in [-0.2, 0) is 26.1 Å². The Morgan fingerprint density at radius 1 is 1.40 bits per heavy atom. The predicted octanol–water partition coefficient (Wildman–Crippen LogP) is 2.16. The standard InChI is InChI=1S/C13H18BrNO4S/c1-3-19-13(16)7-8-20(17,18)15(2)10-11-5-4-6-12(14)9-11/h4-6,9H,3,7-8,10H2,1-2H3. The van der Waals surface area contributed by atoms with Gasteiger partial charge < -0.3 is 4.74 Å². The highest BCUT2D eigenvalue weighted by molar-refractivity contribution is 9.10. The van der Waals surface area contributed by atoms with E-state index in [1.807, 2.05) is 24.3 Å². The Kier molecular flexibility index (Phi) is 6.64. The van der Waals surface area contributed by atoms with Gasteiger partial charge in [-0.1, -0.05) is 28.1 Å². The van der Waals surface area contributed by atoms with Crippen LogP contribution in [0.5, 0.6) is 0 Å². The molecule has 1 aromatic carbocycles. The molecule has 112 valence electrons. The Balaban J connectivity index is 2.61. The molecule has 20 heavy (non-hydrogen) atoms. The molecule has 0 bridgehead atoms. The van der Waals surface area contributed by atoms with Crippen LogP contribution in [0.3, 0.4) is 0 Å². The molecule has 1 aromatic rings. The summed E-state index contributed by atoms with van der Waals surface area (Å²) in [6.45, 7) is 2.21. The van der Waals surface area contributed by atoms with Crippen molar-refractivity contribution < 1.29 is 17.9 Å². The summed E-state index contributed by atoms with van der Waals surface area (Å²) in [6.07, 6.45) is -0.126. The second-order valence-electron chi connectivity index (χ2n) is 4.26. The Labute approximate surface area is 128 Å². The van der Waals surface area contributed by atoms with Gasteiger partial charge in [-0.25, -0.2) is 12.7 Å². The van der Waals surface area contributed by atoms with Crippen LogP contribution in [0.4, 0.5) is 0 Å². The lowest BCUT2D eigenvalue weighted by atomic mass is 10.2. The Morgan fingerprint density at radius 2 is 2.10 bits per heavy atom. The van der Waals surface area contributed by atoms with Gasteiger partial charge in [-0.3, -0.25) is 4.79 Å². The molecule has 0 aromatic heterocycles. The number of sulfonamides is 1. The van der Waals surface area contributed by atoms with Gasteiger partial charge in [-0.2, -0.15) is 0 Å². The summed E-state index contributed by atoms with van der Waals surface area (Å²) in [5, 5.41) is 0. The number of hydrogen-bond acceptors (Lipinski definition) is 4. The maximum atomic E-state index is 12.0. The molecule has 0 radical (unpaired) electrons. The number of ether oxygens (including phenoxy) is 1. The van der Waals surface area contributed by atoms with E-state index in [4.69, 9.17) is 4.74 Å². The molecule has 0 aliphatic rings. The quantitative estimate of drug-likeness (QED) is 0.696. The van der Waals surface area contributed by atoms with Gasteiger partial charge in [0, 0.05) is 18.1 Å². The van der Waals surface area contributed by atoms with E-state index in [0.717, 1.165) is 10.0 Å². The summed E-state index contributed by atoms with van der Waals surface area (Å²) in [6, 6.07) is 7.43. The summed E-state index contributed by atoms with van der Waals surface area (Å²) in [5.74, 6) is -0.733. The normalized spacial score (nSPS) is 11.6. The molecule has 0 spiro atoms. The molecule has 0 atom stereocenters. The van der Waals surface area contributed by atoms with Crippen molar-refractivity contribution in [3.63, 3.8) is 0 Å². The highest BCUT2D eigenvalue weighted by Crippen LogP contribution is 2.14. The van der Waals surface area contributed by atoms with Crippen LogP contribution in [0, 0.1) is 0 Å². The van der Waals surface area contributed by atoms with Crippen LogP contribution in [0.1, 0.15) is 18.9 Å². The van der Waals surface area contributed by atoms with Gasteiger partial charge >= 0.3 is 5.97 Å². The molecule has 0 N–H and O–H groups in total. The summed E-state index contributed by atoms with van der Waals surface area (Å²) in [4.78, 5) is 11.2. The topological polar surface area (TPSA) is 63.7 Å². The first kappa shape index (κ1) is 17.1. The lowest BCUT2D eigenvalue weighted by molar-refractivity contribution is -0.142. The van der Waals surface area contributed by atoms with Crippen molar-refractivity contribution in [2.24, 2.45) is 0 Å². The predicted molar refractivity (Wildman–Crippen MR) is 80.6 cm³/mol. The van der Waals surface area contributed by atoms with Crippen LogP contribution in [0.2, 0.25) is 0 Å². The molecule has 0 fully saturated rings. The average molecular weight is 364 g/mol. The molecule has 7 heteroatoms. The molecule has 0 amide bonds. The van der Waals surface area contributed by atoms with E-state index < -0.39 is 16.0 Å². The second-order valence-corrected chi connectivity index (χ2v) is 7.37. The molecule has 0 saturated carbocycles. The van der Waals surface area contributed by atoms with E-state index in [9.17, 15) is 13.2 Å². The fourth-order valence-corrected chi connectivity index (χ4v) is 3.12. The number of rotatable bonds is 7. The van der Waals surface area contributed by atoms with Crippen molar-refractivity contribution in [2.75, 3.05) is 19.4 Å². The zero-order valence-electron chi connectivity index (χ0n) is 11.5. The number of carbonyl (C=O) groups is 1. The summed E-state index contributed by atoms with van der Waals surface area (Å²) in [5.41, 5.74) is 0.876. The molecule has 1 rings (SSSR count). The molecular formula is C13H18BrNO4S. The lowest BCUT2D eigenvalue weighted by Gasteiger charge is -2.17. The maximum absolute atomic E-state index is 12.0. The van der Waals surface area contributed by atoms with Gasteiger partial charge in [0.05, 0.1) is 18.8 Å². The number of halogens is 1. The summed E-state index contributed by atoms with van der Waals surface area (Å²) >= 11 is 3.34. The van der Waals surface area contributed by atoms with Crippen LogP contribution >= 0.6 is 15.9 Å². The zero-order valence-corrected chi connectivity index (χ0v) is 13.9. The first-order valence-electron chi connectivity index (χ1n) is 6.19. The van der Waals surface area contributed by atoms with Crippen molar-refractivity contribution in [2.45, 2.75) is 19.9 Å². The Morgan fingerprint density at radius 3 is 2.70 bits per heavy atom. The molecule has 0 heterocycles. The van der Waals surface area contributed by atoms with Gasteiger partial charge in [0.2, 0.25) is 10.0 Å². The fraction of sp³-hybridized carbons (Fsp3) is 0.462. The zero-order chi connectivity index (χ0) is 15.2. The minimum Gasteiger partial charge on any atom is -0.466 e. The lowest BCUT2D eigenvalue weighted by Crippen LogP contribution is -2.30. The molecule has 5 nitrogen and oxygen atoms in total. The first-order valence-corrected chi connectivity index (χ1v) is 8.59. The van der Waals surface area contributed by atoms with Gasteiger partial charge in [-0.15, -0.1) is 0 Å². The Bertz CT molecular complexity index is 559. The van der Waals surface area contributed by atoms with Gasteiger partial charge in [0.25, 0.3) is 0 Å². The number of carbonyl (C=O) groups excluding carboxylic acids is 1. The molecule has 0 aliphatic carbocycles. The van der Waals surface area contributed by atoms with Crippen molar-refractivity contribution in [1.29, 1.82) is 0 Å². The van der Waals surface area contributed by atoms with Crippen molar-refractivity contribution >= 4 is 31.9 Å². The van der Waals surface area contributed by atoms with Crippen LogP contribution in [0.25, 0.3) is 0 Å². The maximum Gasteiger partial charge on any atom is 0.306 e. The Hall–Kier alpha value is -0.920. The largest absolute Gasteiger partial charge is 0.466 e. The molecule has 0 unspecified atom stereocenters. The number of esters is 1. The third-order valence-electron chi connectivity index (χ3n) is 2.64. The van der Waals surface area contributed by atoms with Crippen LogP contribution in [0.15, 0.2) is 28.7 Å². The fourth-order valence-electron chi connectivity index (χ4n) is 1.59. The molecular weight excluding hydrogens is 346 g/mol. The monoisotopic (exact) mass is 363 g/mol. The smallest absolute Gasteiger partial charge is 0.306 e. The summed E-state index contributed by atoms with van der Waals surface area (Å²) in [7, 11) is -1.97. The van der Waals surface area contributed by atoms with Crippen molar-refractivity contribution in [3.8, 4) is 0 Å². The van der Waals surface area contributed by atoms with E-state index in [-0.39, 0.29) is 25.3 Å². The van der Waals surface area contributed by atoms with Gasteiger partial charge in [0.1, 0.15) is 0 Å². The minimum atomic E-state index is -3.47.